The number of carbonyl (C=O) groups is 2. The highest BCUT2D eigenvalue weighted by molar-refractivity contribution is 5.95. The zero-order chi connectivity index (χ0) is 14.3. The fraction of sp³-hybridized carbons (Fsp3) is 0.125. The maximum Gasteiger partial charge on any atom is 0.312 e. The number of fused-ring (bicyclic) bond motifs is 3. The maximum atomic E-state index is 11.6. The fourth-order valence-electron chi connectivity index (χ4n) is 2.94. The van der Waals surface area contributed by atoms with E-state index in [2.05, 4.69) is 0 Å². The molecule has 1 aliphatic rings. The van der Waals surface area contributed by atoms with Crippen molar-refractivity contribution >= 4 is 11.9 Å². The van der Waals surface area contributed by atoms with E-state index < -0.39 is 23.8 Å². The van der Waals surface area contributed by atoms with Crippen LogP contribution in [0.3, 0.4) is 0 Å². The number of aliphatic carboxylic acids is 2. The van der Waals surface area contributed by atoms with Crippen molar-refractivity contribution in [3.05, 3.63) is 59.7 Å². The smallest absolute Gasteiger partial charge is 0.312 e. The first-order valence-corrected chi connectivity index (χ1v) is 6.25. The molecule has 0 saturated carbocycles. The SMILES string of the molecule is O=C(O)[C@@H]1c2ccccc2-c2ccccc2[C@H]1C(=O)O. The van der Waals surface area contributed by atoms with Crippen LogP contribution >= 0.6 is 0 Å². The second kappa shape index (κ2) is 4.49. The molecule has 2 aromatic carbocycles. The van der Waals surface area contributed by atoms with Crippen LogP contribution in [0.5, 0.6) is 0 Å². The topological polar surface area (TPSA) is 74.6 Å². The van der Waals surface area contributed by atoms with Gasteiger partial charge >= 0.3 is 11.9 Å². The van der Waals surface area contributed by atoms with E-state index in [0.717, 1.165) is 11.1 Å². The number of carboxylic acids is 2. The molecule has 4 nitrogen and oxygen atoms in total. The average molecular weight is 268 g/mol. The van der Waals surface area contributed by atoms with Crippen LogP contribution in [0.15, 0.2) is 48.5 Å². The number of benzene rings is 2. The molecule has 0 aromatic heterocycles. The molecule has 4 heteroatoms. The van der Waals surface area contributed by atoms with Gasteiger partial charge in [-0.1, -0.05) is 48.5 Å². The summed E-state index contributed by atoms with van der Waals surface area (Å²) in [5, 5.41) is 18.9. The van der Waals surface area contributed by atoms with E-state index >= 15 is 0 Å². The van der Waals surface area contributed by atoms with Gasteiger partial charge in [-0.25, -0.2) is 0 Å². The lowest BCUT2D eigenvalue weighted by Crippen LogP contribution is -2.29. The first kappa shape index (κ1) is 12.4. The van der Waals surface area contributed by atoms with Crippen LogP contribution in [0, 0.1) is 0 Å². The van der Waals surface area contributed by atoms with E-state index in [4.69, 9.17) is 0 Å². The minimum absolute atomic E-state index is 0.561. The van der Waals surface area contributed by atoms with Crippen LogP contribution in [0.25, 0.3) is 11.1 Å². The molecule has 2 N–H and O–H groups in total. The Labute approximate surface area is 115 Å². The van der Waals surface area contributed by atoms with Gasteiger partial charge in [-0.2, -0.15) is 0 Å². The monoisotopic (exact) mass is 268 g/mol. The van der Waals surface area contributed by atoms with Crippen LogP contribution in [0.4, 0.5) is 0 Å². The highest BCUT2D eigenvalue weighted by Crippen LogP contribution is 2.46. The van der Waals surface area contributed by atoms with E-state index in [1.807, 2.05) is 24.3 Å². The quantitative estimate of drug-likeness (QED) is 0.878. The van der Waals surface area contributed by atoms with Crippen molar-refractivity contribution in [1.29, 1.82) is 0 Å². The van der Waals surface area contributed by atoms with Crippen molar-refractivity contribution in [3.63, 3.8) is 0 Å². The zero-order valence-electron chi connectivity index (χ0n) is 10.5. The molecular weight excluding hydrogens is 256 g/mol. The molecule has 1 aliphatic carbocycles. The second-order valence-corrected chi connectivity index (χ2v) is 4.81. The van der Waals surface area contributed by atoms with Gasteiger partial charge in [0, 0.05) is 0 Å². The lowest BCUT2D eigenvalue weighted by atomic mass is 9.71. The molecule has 0 bridgehead atoms. The molecule has 0 amide bonds. The average Bonchev–Trinajstić information content (AvgIpc) is 2.45. The van der Waals surface area contributed by atoms with Gasteiger partial charge in [0.15, 0.2) is 0 Å². The van der Waals surface area contributed by atoms with Gasteiger partial charge in [-0.15, -0.1) is 0 Å². The molecule has 20 heavy (non-hydrogen) atoms. The minimum Gasteiger partial charge on any atom is -0.481 e. The number of hydrogen-bond acceptors (Lipinski definition) is 2. The summed E-state index contributed by atoms with van der Waals surface area (Å²) in [6.07, 6.45) is 0. The van der Waals surface area contributed by atoms with Crippen molar-refractivity contribution in [2.24, 2.45) is 0 Å². The van der Waals surface area contributed by atoms with Gasteiger partial charge in [0.25, 0.3) is 0 Å². The number of rotatable bonds is 2. The molecule has 2 aromatic rings. The van der Waals surface area contributed by atoms with Crippen LogP contribution in [-0.4, -0.2) is 22.2 Å². The van der Waals surface area contributed by atoms with Gasteiger partial charge in [0.1, 0.15) is 0 Å². The number of hydrogen-bond donors (Lipinski definition) is 2. The summed E-state index contributed by atoms with van der Waals surface area (Å²) in [5.74, 6) is -4.34. The minimum atomic E-state index is -1.11. The Morgan fingerprint density at radius 1 is 0.700 bits per heavy atom. The van der Waals surface area contributed by atoms with Gasteiger partial charge in [0.2, 0.25) is 0 Å². The normalized spacial score (nSPS) is 19.8. The van der Waals surface area contributed by atoms with Crippen molar-refractivity contribution in [3.8, 4) is 11.1 Å². The van der Waals surface area contributed by atoms with Gasteiger partial charge in [-0.05, 0) is 22.3 Å². The molecule has 0 saturated heterocycles. The second-order valence-electron chi connectivity index (χ2n) is 4.81. The fourth-order valence-corrected chi connectivity index (χ4v) is 2.94. The lowest BCUT2D eigenvalue weighted by molar-refractivity contribution is -0.147. The van der Waals surface area contributed by atoms with Crippen molar-refractivity contribution in [2.45, 2.75) is 11.8 Å². The lowest BCUT2D eigenvalue weighted by Gasteiger charge is -2.30. The Bertz CT molecular complexity index is 644. The van der Waals surface area contributed by atoms with E-state index in [-0.39, 0.29) is 0 Å². The Morgan fingerprint density at radius 2 is 1.05 bits per heavy atom. The Balaban J connectivity index is 2.35. The molecule has 100 valence electrons. The molecule has 0 aliphatic heterocycles. The largest absolute Gasteiger partial charge is 0.481 e. The maximum absolute atomic E-state index is 11.6. The summed E-state index contributed by atoms with van der Waals surface area (Å²) in [5.41, 5.74) is 2.72. The Morgan fingerprint density at radius 3 is 1.40 bits per heavy atom. The summed E-state index contributed by atoms with van der Waals surface area (Å²) in [6.45, 7) is 0. The van der Waals surface area contributed by atoms with E-state index in [1.54, 1.807) is 24.3 Å². The van der Waals surface area contributed by atoms with Crippen molar-refractivity contribution < 1.29 is 19.8 Å². The van der Waals surface area contributed by atoms with E-state index in [9.17, 15) is 19.8 Å². The summed E-state index contributed by atoms with van der Waals surface area (Å²) in [4.78, 5) is 23.2. The van der Waals surface area contributed by atoms with Crippen LogP contribution in [0.1, 0.15) is 23.0 Å². The van der Waals surface area contributed by atoms with Gasteiger partial charge in [-0.3, -0.25) is 9.59 Å². The zero-order valence-corrected chi connectivity index (χ0v) is 10.5. The molecule has 0 spiro atoms. The predicted octanol–water partition coefficient (Wildman–Crippen LogP) is 2.70. The highest BCUT2D eigenvalue weighted by atomic mass is 16.4. The van der Waals surface area contributed by atoms with Crippen molar-refractivity contribution in [1.82, 2.24) is 0 Å². The van der Waals surface area contributed by atoms with Crippen LogP contribution < -0.4 is 0 Å². The predicted molar refractivity (Wildman–Crippen MR) is 72.6 cm³/mol. The van der Waals surface area contributed by atoms with E-state index in [0.29, 0.717) is 11.1 Å². The molecule has 0 unspecified atom stereocenters. The number of carboxylic acid groups (broad SMARTS) is 2. The third-order valence-electron chi connectivity index (χ3n) is 3.75. The first-order valence-electron chi connectivity index (χ1n) is 6.25. The Kier molecular flexibility index (Phi) is 2.79. The van der Waals surface area contributed by atoms with Crippen LogP contribution in [0.2, 0.25) is 0 Å². The summed E-state index contributed by atoms with van der Waals surface area (Å²) >= 11 is 0. The first-order chi connectivity index (χ1) is 9.61. The third kappa shape index (κ3) is 1.69. The van der Waals surface area contributed by atoms with Crippen molar-refractivity contribution in [2.75, 3.05) is 0 Å². The molecule has 0 radical (unpaired) electrons. The third-order valence-corrected chi connectivity index (χ3v) is 3.75. The summed E-state index contributed by atoms with van der Waals surface area (Å²) in [7, 11) is 0. The molecular formula is C16H12O4. The molecule has 2 atom stereocenters. The van der Waals surface area contributed by atoms with E-state index in [1.165, 1.54) is 0 Å². The molecule has 0 fully saturated rings. The highest BCUT2D eigenvalue weighted by Gasteiger charge is 2.42. The van der Waals surface area contributed by atoms with Crippen LogP contribution in [-0.2, 0) is 9.59 Å². The summed E-state index contributed by atoms with van der Waals surface area (Å²) < 4.78 is 0. The molecule has 0 heterocycles. The summed E-state index contributed by atoms with van der Waals surface area (Å²) in [6, 6.07) is 14.2. The molecule has 3 rings (SSSR count). The standard InChI is InChI=1S/C16H12O4/c17-15(18)13-11-7-3-1-5-9(11)10-6-2-4-8-12(10)14(13)16(19)20/h1-8,13-14H,(H,17,18)(H,19,20)/t13-,14-/m1/s1. The van der Waals surface area contributed by atoms with Gasteiger partial charge < -0.3 is 10.2 Å². The van der Waals surface area contributed by atoms with Gasteiger partial charge in [0.05, 0.1) is 11.8 Å². The Hall–Kier alpha value is -2.62.